The fourth-order valence-corrected chi connectivity index (χ4v) is 14.2. The van der Waals surface area contributed by atoms with E-state index in [2.05, 4.69) is 96.6 Å². The standard InChI is InChI=1S/C20H23F3N6O.2C19H23F3N6O3.C18H30N6O2/c21-20(22,23)30-17-4-2-1-3-14(17)11-27-19-28-12-15(9-24)18(29-19)26-10-13-5-7-16(25)8-6-13;2*20-19(21,22)31-16-4-2-1-3-13(16)10-25-18-26-11-15(28(29)30)17(27-18)24-9-12-5-7-14(23)8-6-12;19-15-8-6-14(7-9-15)10-20-17-16(24(25)26)12-22-18(23-17)21-11-13-4-2-1-3-5-13/h1-4,12-13,16H,5-8,10-11,25H2,(H2,26,27,28,29);2*1-4,11-12,14H,5-10,23H2,(H2,24,25,26,27);12-15H,1-11,19H2,(H2,20,21,22,23). The van der Waals surface area contributed by atoms with Crippen molar-refractivity contribution in [2.24, 2.45) is 52.5 Å². The van der Waals surface area contributed by atoms with Crippen molar-refractivity contribution in [3.8, 4) is 23.3 Å². The van der Waals surface area contributed by atoms with Gasteiger partial charge in [0.15, 0.2) is 0 Å². The lowest BCUT2D eigenvalue weighted by molar-refractivity contribution is -0.384. The van der Waals surface area contributed by atoms with E-state index < -0.39 is 33.9 Å². The molecule has 0 saturated heterocycles. The van der Waals surface area contributed by atoms with Gasteiger partial charge < -0.3 is 79.7 Å². The summed E-state index contributed by atoms with van der Waals surface area (Å²) in [5, 5.41) is 67.3. The van der Waals surface area contributed by atoms with Crippen LogP contribution in [0.1, 0.15) is 157 Å². The Morgan fingerprint density at radius 2 is 0.619 bits per heavy atom. The summed E-state index contributed by atoms with van der Waals surface area (Å²) in [6, 6.07) is 20.2. The zero-order valence-electron chi connectivity index (χ0n) is 64.7. The van der Waals surface area contributed by atoms with Gasteiger partial charge in [-0.3, -0.25) is 30.3 Å². The summed E-state index contributed by atoms with van der Waals surface area (Å²) in [4.78, 5) is 65.3. The number of anilines is 8. The number of nitrogens with one attached hydrogen (secondary N) is 8. The minimum Gasteiger partial charge on any atom is -0.405 e. The van der Waals surface area contributed by atoms with Gasteiger partial charge >= 0.3 is 36.1 Å². The molecule has 3 aromatic carbocycles. The van der Waals surface area contributed by atoms with Gasteiger partial charge in [0.1, 0.15) is 53.3 Å². The monoisotopic (exact) mass is 1660 g/mol. The molecule has 7 aromatic rings. The smallest absolute Gasteiger partial charge is 0.405 e. The molecule has 0 radical (unpaired) electrons. The fourth-order valence-electron chi connectivity index (χ4n) is 14.2. The number of benzene rings is 3. The number of nitro groups is 3. The third kappa shape index (κ3) is 30.9. The van der Waals surface area contributed by atoms with Crippen molar-refractivity contribution in [1.29, 1.82) is 5.26 Å². The zero-order valence-corrected chi connectivity index (χ0v) is 64.7. The predicted octanol–water partition coefficient (Wildman–Crippen LogP) is 14.7. The highest BCUT2D eigenvalue weighted by atomic mass is 19.4. The van der Waals surface area contributed by atoms with Gasteiger partial charge in [-0.25, -0.2) is 19.9 Å². The first-order valence-electron chi connectivity index (χ1n) is 39.1. The van der Waals surface area contributed by atoms with Gasteiger partial charge in [0, 0.05) is 93.2 Å². The van der Waals surface area contributed by atoms with E-state index in [0.29, 0.717) is 90.5 Å². The molecular formula is C76H99F9N24O9. The van der Waals surface area contributed by atoms with E-state index in [-0.39, 0.29) is 113 Å². The van der Waals surface area contributed by atoms with Gasteiger partial charge in [-0.2, -0.15) is 25.2 Å². The molecule has 5 fully saturated rings. The Labute approximate surface area is 674 Å². The van der Waals surface area contributed by atoms with E-state index in [4.69, 9.17) is 22.9 Å². The number of nitrogens with zero attached hydrogens (tertiary/aromatic N) is 12. The number of aromatic nitrogens is 8. The maximum absolute atomic E-state index is 12.6. The molecule has 5 saturated carbocycles. The Kier molecular flexibility index (Phi) is 34.0. The van der Waals surface area contributed by atoms with Crippen LogP contribution in [0.15, 0.2) is 97.6 Å². The Balaban J connectivity index is 0.000000180. The van der Waals surface area contributed by atoms with Gasteiger partial charge in [0.25, 0.3) is 0 Å². The third-order valence-electron chi connectivity index (χ3n) is 20.8. The van der Waals surface area contributed by atoms with E-state index in [0.717, 1.165) is 122 Å². The van der Waals surface area contributed by atoms with Gasteiger partial charge in [-0.05, 0) is 163 Å². The first-order chi connectivity index (χ1) is 56.4. The molecule has 42 heteroatoms. The van der Waals surface area contributed by atoms with E-state index in [1.165, 1.54) is 99.1 Å². The number of para-hydroxylation sites is 3. The molecule has 12 rings (SSSR count). The lowest BCUT2D eigenvalue weighted by Crippen LogP contribution is -2.29. The molecule has 5 aliphatic carbocycles. The second-order valence-electron chi connectivity index (χ2n) is 29.7. The number of alkyl halides is 9. The van der Waals surface area contributed by atoms with Crippen LogP contribution in [-0.2, 0) is 19.6 Å². The van der Waals surface area contributed by atoms with Gasteiger partial charge in [-0.1, -0.05) is 73.9 Å². The topological polar surface area (TPSA) is 484 Å². The minimum absolute atomic E-state index is 0.0259. The molecule has 0 amide bonds. The Morgan fingerprint density at radius 3 is 0.907 bits per heavy atom. The van der Waals surface area contributed by atoms with Crippen molar-refractivity contribution in [2.75, 3.05) is 75.3 Å². The summed E-state index contributed by atoms with van der Waals surface area (Å²) >= 11 is 0. The van der Waals surface area contributed by atoms with Crippen LogP contribution < -0.4 is 79.7 Å². The molecule has 5 aliphatic rings. The molecule has 0 bridgehead atoms. The zero-order chi connectivity index (χ0) is 84.8. The van der Waals surface area contributed by atoms with Crippen LogP contribution in [0.25, 0.3) is 0 Å². The van der Waals surface area contributed by atoms with Crippen molar-refractivity contribution >= 4 is 64.1 Å². The fraction of sp³-hybridized carbons (Fsp3) is 0.539. The summed E-state index contributed by atoms with van der Waals surface area (Å²) in [5.41, 5.74) is 24.1. The summed E-state index contributed by atoms with van der Waals surface area (Å²) < 4.78 is 125. The first kappa shape index (κ1) is 90.6. The maximum Gasteiger partial charge on any atom is 0.573 e. The minimum atomic E-state index is -4.82. The molecule has 118 heavy (non-hydrogen) atoms. The molecule has 16 N–H and O–H groups in total. The second kappa shape index (κ2) is 44.3. The van der Waals surface area contributed by atoms with Crippen molar-refractivity contribution in [2.45, 2.75) is 198 Å². The largest absolute Gasteiger partial charge is 0.573 e. The molecule has 4 heterocycles. The molecule has 0 atom stereocenters. The highest BCUT2D eigenvalue weighted by Crippen LogP contribution is 2.35. The average Bonchev–Trinajstić information content (AvgIpc) is 0.852. The van der Waals surface area contributed by atoms with E-state index in [9.17, 15) is 75.1 Å². The molecule has 640 valence electrons. The van der Waals surface area contributed by atoms with Crippen LogP contribution in [-0.4, -0.2) is 131 Å². The second-order valence-corrected chi connectivity index (χ2v) is 29.7. The average molecular weight is 1660 g/mol. The number of rotatable bonds is 30. The number of halogens is 9. The number of hydrogen-bond acceptors (Lipinski definition) is 30. The van der Waals surface area contributed by atoms with Crippen LogP contribution in [0.2, 0.25) is 0 Å². The lowest BCUT2D eigenvalue weighted by atomic mass is 9.86. The molecule has 4 aromatic heterocycles. The molecular weight excluding hydrogens is 1560 g/mol. The summed E-state index contributed by atoms with van der Waals surface area (Å²) in [7, 11) is 0. The SMILES string of the molecule is N#Cc1cnc(NCc2ccccc2OC(F)(F)F)nc1NCC1CCC(N)CC1.NC1CCC(CNc2nc(NCC3CCCCC3)ncc2[N+](=O)[O-])CC1.NC1CCC(CNc2nc(NCc3ccccc3OC(F)(F)F)ncc2[N+](=O)[O-])CC1.NC1CCC(CNc2nc(NCc3ccccc3OC(F)(F)F)ncc2[N+](=O)[O-])CC1. The quantitative estimate of drug-likeness (QED) is 0.0113. The van der Waals surface area contributed by atoms with Gasteiger partial charge in [0.05, 0.1) is 21.0 Å². The van der Waals surface area contributed by atoms with Crippen LogP contribution in [0.3, 0.4) is 0 Å². The Bertz CT molecular complexity index is 4240. The summed E-state index contributed by atoms with van der Waals surface area (Å²) in [6.45, 7) is 3.09. The number of ether oxygens (including phenoxy) is 3. The summed E-state index contributed by atoms with van der Waals surface area (Å²) in [5.74, 6) is 2.82. The van der Waals surface area contributed by atoms with Crippen LogP contribution in [0, 0.1) is 71.3 Å². The molecule has 0 spiro atoms. The third-order valence-corrected chi connectivity index (χ3v) is 20.8. The highest BCUT2D eigenvalue weighted by molar-refractivity contribution is 5.60. The summed E-state index contributed by atoms with van der Waals surface area (Å²) in [6.07, 6.45) is 12.2. The van der Waals surface area contributed by atoms with Gasteiger partial charge in [-0.15, -0.1) is 39.5 Å². The Hall–Kier alpha value is -11.3. The number of nitrogens with two attached hydrogens (primary N) is 4. The molecule has 33 nitrogen and oxygen atoms in total. The molecule has 0 unspecified atom stereocenters. The Morgan fingerprint density at radius 1 is 0.364 bits per heavy atom. The van der Waals surface area contributed by atoms with E-state index in [1.54, 1.807) is 18.2 Å². The maximum atomic E-state index is 12.6. The normalized spacial score (nSPS) is 20.1. The van der Waals surface area contributed by atoms with Crippen molar-refractivity contribution in [3.05, 3.63) is 150 Å². The van der Waals surface area contributed by atoms with Crippen molar-refractivity contribution in [3.63, 3.8) is 0 Å². The first-order valence-corrected chi connectivity index (χ1v) is 39.1. The van der Waals surface area contributed by atoms with Gasteiger partial charge in [0.2, 0.25) is 41.2 Å². The van der Waals surface area contributed by atoms with Crippen LogP contribution in [0.5, 0.6) is 17.2 Å². The number of nitriles is 1. The van der Waals surface area contributed by atoms with E-state index in [1.807, 2.05) is 6.07 Å². The van der Waals surface area contributed by atoms with E-state index >= 15 is 0 Å². The predicted molar refractivity (Wildman–Crippen MR) is 423 cm³/mol. The van der Waals surface area contributed by atoms with Crippen LogP contribution >= 0.6 is 0 Å². The lowest BCUT2D eigenvalue weighted by Gasteiger charge is -2.26. The molecule has 0 aliphatic heterocycles. The van der Waals surface area contributed by atoms with Crippen molar-refractivity contribution < 1.29 is 68.5 Å². The van der Waals surface area contributed by atoms with Crippen molar-refractivity contribution in [1.82, 2.24) is 39.9 Å². The number of hydrogen-bond donors (Lipinski definition) is 12. The highest BCUT2D eigenvalue weighted by Gasteiger charge is 2.35. The van der Waals surface area contributed by atoms with Crippen LogP contribution in [0.4, 0.5) is 104 Å².